The number of benzene rings is 2. The van der Waals surface area contributed by atoms with Crippen LogP contribution < -0.4 is 4.74 Å². The van der Waals surface area contributed by atoms with Gasteiger partial charge in [0.1, 0.15) is 5.75 Å². The lowest BCUT2D eigenvalue weighted by Gasteiger charge is -2.32. The van der Waals surface area contributed by atoms with Gasteiger partial charge in [-0.15, -0.1) is 0 Å². The predicted molar refractivity (Wildman–Crippen MR) is 112 cm³/mol. The third-order valence-electron chi connectivity index (χ3n) is 5.45. The van der Waals surface area contributed by atoms with Crippen molar-refractivity contribution in [3.8, 4) is 5.75 Å². The lowest BCUT2D eigenvalue weighted by atomic mass is 10.1. The second kappa shape index (κ2) is 9.26. The van der Waals surface area contributed by atoms with Crippen molar-refractivity contribution in [3.05, 3.63) is 60.3 Å². The van der Waals surface area contributed by atoms with E-state index in [0.717, 1.165) is 12.8 Å². The number of hydrogen-bond donors (Lipinski definition) is 0. The van der Waals surface area contributed by atoms with E-state index in [1.54, 1.807) is 35.7 Å². The Morgan fingerprint density at radius 2 is 1.60 bits per heavy atom. The summed E-state index contributed by atoms with van der Waals surface area (Å²) in [6.45, 7) is 3.19. The SMILES string of the molecule is COc1ccc(S(=O)(=O)N2CCC(n3cc(C)c4ccccc43)CC2)cc1.O=C=O. The molecular weight excluding hydrogens is 404 g/mol. The van der Waals surface area contributed by atoms with Gasteiger partial charge in [-0.1, -0.05) is 18.2 Å². The standard InChI is InChI=1S/C21H24N2O3S.CO2/c1-16-15-23(21-6-4-3-5-20(16)21)17-11-13-22(14-12-17)27(24,25)19-9-7-18(26-2)8-10-19;2-1-3/h3-10,15,17H,11-14H2,1-2H3;. The van der Waals surface area contributed by atoms with Gasteiger partial charge in [0.2, 0.25) is 10.0 Å². The van der Waals surface area contributed by atoms with E-state index in [0.29, 0.717) is 29.8 Å². The summed E-state index contributed by atoms with van der Waals surface area (Å²) >= 11 is 0. The van der Waals surface area contributed by atoms with Crippen LogP contribution in [0.15, 0.2) is 59.6 Å². The number of para-hydroxylation sites is 1. The number of nitrogens with zero attached hydrogens (tertiary/aromatic N) is 2. The number of sulfonamides is 1. The average molecular weight is 429 g/mol. The molecule has 2 aromatic carbocycles. The summed E-state index contributed by atoms with van der Waals surface area (Å²) in [6.07, 6.45) is 4.07. The van der Waals surface area contributed by atoms with Crippen LogP contribution in [-0.4, -0.2) is 43.6 Å². The van der Waals surface area contributed by atoms with Crippen molar-refractivity contribution in [2.75, 3.05) is 20.2 Å². The molecule has 8 heteroatoms. The normalized spacial score (nSPS) is 15.3. The van der Waals surface area contributed by atoms with Crippen LogP contribution in [0.5, 0.6) is 5.75 Å². The number of fused-ring (bicyclic) bond motifs is 1. The van der Waals surface area contributed by atoms with Gasteiger partial charge in [-0.2, -0.15) is 13.9 Å². The first-order chi connectivity index (χ1) is 14.4. The Labute approximate surface area is 175 Å². The Balaban J connectivity index is 0.000000806. The lowest BCUT2D eigenvalue weighted by molar-refractivity contribution is -0.191. The molecule has 0 bridgehead atoms. The van der Waals surface area contributed by atoms with Crippen LogP contribution in [0.25, 0.3) is 10.9 Å². The summed E-state index contributed by atoms with van der Waals surface area (Å²) in [5.74, 6) is 0.655. The van der Waals surface area contributed by atoms with E-state index in [9.17, 15) is 8.42 Å². The minimum absolute atomic E-state index is 0.250. The number of aryl methyl sites for hydroxylation is 1. The van der Waals surface area contributed by atoms with E-state index in [2.05, 4.69) is 42.0 Å². The molecule has 1 saturated heterocycles. The smallest absolute Gasteiger partial charge is 0.373 e. The minimum Gasteiger partial charge on any atom is -0.497 e. The third kappa shape index (κ3) is 4.31. The summed E-state index contributed by atoms with van der Waals surface area (Å²) in [7, 11) is -1.89. The second-order valence-electron chi connectivity index (χ2n) is 7.13. The molecule has 158 valence electrons. The van der Waals surface area contributed by atoms with Crippen LogP contribution in [0.2, 0.25) is 0 Å². The molecule has 1 fully saturated rings. The molecule has 7 nitrogen and oxygen atoms in total. The number of hydrogen-bond acceptors (Lipinski definition) is 5. The van der Waals surface area contributed by atoms with Crippen LogP contribution in [0, 0.1) is 6.92 Å². The van der Waals surface area contributed by atoms with Crippen LogP contribution in [0.3, 0.4) is 0 Å². The Morgan fingerprint density at radius 3 is 2.20 bits per heavy atom. The molecule has 0 radical (unpaired) electrons. The van der Waals surface area contributed by atoms with Gasteiger partial charge in [0.25, 0.3) is 0 Å². The highest BCUT2D eigenvalue weighted by Crippen LogP contribution is 2.32. The van der Waals surface area contributed by atoms with E-state index in [1.165, 1.54) is 16.5 Å². The quantitative estimate of drug-likeness (QED) is 0.636. The van der Waals surface area contributed by atoms with Gasteiger partial charge in [-0.3, -0.25) is 0 Å². The van der Waals surface area contributed by atoms with Crippen molar-refractivity contribution in [1.82, 2.24) is 8.87 Å². The molecule has 0 spiro atoms. The Kier molecular flexibility index (Phi) is 6.72. The molecule has 0 amide bonds. The third-order valence-corrected chi connectivity index (χ3v) is 7.37. The van der Waals surface area contributed by atoms with Crippen molar-refractivity contribution < 1.29 is 22.7 Å². The highest BCUT2D eigenvalue weighted by Gasteiger charge is 2.30. The van der Waals surface area contributed by atoms with E-state index in [-0.39, 0.29) is 6.15 Å². The average Bonchev–Trinajstić information content (AvgIpc) is 3.11. The van der Waals surface area contributed by atoms with Crippen LogP contribution in [0.4, 0.5) is 0 Å². The van der Waals surface area contributed by atoms with Crippen molar-refractivity contribution in [3.63, 3.8) is 0 Å². The van der Waals surface area contributed by atoms with Crippen molar-refractivity contribution >= 4 is 27.1 Å². The van der Waals surface area contributed by atoms with Crippen LogP contribution in [0.1, 0.15) is 24.4 Å². The first-order valence-electron chi connectivity index (χ1n) is 9.62. The molecule has 3 aromatic rings. The summed E-state index contributed by atoms with van der Waals surface area (Å²) in [6, 6.07) is 15.3. The first kappa shape index (κ1) is 21.8. The maximum Gasteiger partial charge on any atom is 0.373 e. The van der Waals surface area contributed by atoms with Crippen LogP contribution >= 0.6 is 0 Å². The zero-order valence-electron chi connectivity index (χ0n) is 16.9. The number of aromatic nitrogens is 1. The van der Waals surface area contributed by atoms with E-state index in [1.807, 2.05) is 0 Å². The van der Waals surface area contributed by atoms with Gasteiger partial charge in [0, 0.05) is 36.2 Å². The number of carbonyl (C=O) groups excluding carboxylic acids is 2. The number of ether oxygens (including phenoxy) is 1. The Morgan fingerprint density at radius 1 is 1.00 bits per heavy atom. The van der Waals surface area contributed by atoms with E-state index in [4.69, 9.17) is 14.3 Å². The van der Waals surface area contributed by atoms with Crippen molar-refractivity contribution in [2.45, 2.75) is 30.7 Å². The maximum atomic E-state index is 12.9. The fraction of sp³-hybridized carbons (Fsp3) is 0.318. The molecular formula is C22H24N2O5S. The predicted octanol–water partition coefficient (Wildman–Crippen LogP) is 3.40. The molecule has 4 rings (SSSR count). The molecule has 1 aliphatic rings. The highest BCUT2D eigenvalue weighted by atomic mass is 32.2. The molecule has 1 aromatic heterocycles. The summed E-state index contributed by atoms with van der Waals surface area (Å²) in [5.41, 5.74) is 2.49. The van der Waals surface area contributed by atoms with Gasteiger partial charge in [-0.25, -0.2) is 8.42 Å². The topological polar surface area (TPSA) is 85.7 Å². The van der Waals surface area contributed by atoms with Gasteiger partial charge >= 0.3 is 6.15 Å². The molecule has 1 aliphatic heterocycles. The Hall–Kier alpha value is -2.93. The largest absolute Gasteiger partial charge is 0.497 e. The van der Waals surface area contributed by atoms with Crippen molar-refractivity contribution in [2.24, 2.45) is 0 Å². The number of methoxy groups -OCH3 is 1. The minimum atomic E-state index is -3.46. The summed E-state index contributed by atoms with van der Waals surface area (Å²) in [4.78, 5) is 16.6. The molecule has 0 N–H and O–H groups in total. The van der Waals surface area contributed by atoms with Crippen LogP contribution in [-0.2, 0) is 19.6 Å². The maximum absolute atomic E-state index is 12.9. The van der Waals surface area contributed by atoms with Crippen molar-refractivity contribution in [1.29, 1.82) is 0 Å². The Bertz CT molecular complexity index is 1140. The monoisotopic (exact) mass is 428 g/mol. The number of rotatable bonds is 4. The fourth-order valence-electron chi connectivity index (χ4n) is 3.94. The summed E-state index contributed by atoms with van der Waals surface area (Å²) < 4.78 is 34.9. The molecule has 2 heterocycles. The van der Waals surface area contributed by atoms with Gasteiger partial charge in [0.15, 0.2) is 0 Å². The number of piperidine rings is 1. The highest BCUT2D eigenvalue weighted by molar-refractivity contribution is 7.89. The molecule has 0 saturated carbocycles. The second-order valence-corrected chi connectivity index (χ2v) is 9.07. The van der Waals surface area contributed by atoms with E-state index < -0.39 is 10.0 Å². The summed E-state index contributed by atoms with van der Waals surface area (Å²) in [5, 5.41) is 1.27. The molecule has 0 aliphatic carbocycles. The van der Waals surface area contributed by atoms with E-state index >= 15 is 0 Å². The van der Waals surface area contributed by atoms with Gasteiger partial charge < -0.3 is 9.30 Å². The lowest BCUT2D eigenvalue weighted by Crippen LogP contribution is -2.38. The van der Waals surface area contributed by atoms with Gasteiger partial charge in [-0.05, 0) is 55.7 Å². The molecule has 30 heavy (non-hydrogen) atoms. The first-order valence-corrected chi connectivity index (χ1v) is 11.1. The zero-order chi connectivity index (χ0) is 21.7. The van der Waals surface area contributed by atoms with Gasteiger partial charge in [0.05, 0.1) is 12.0 Å². The fourth-order valence-corrected chi connectivity index (χ4v) is 5.41. The zero-order valence-corrected chi connectivity index (χ0v) is 17.8. The molecule has 0 unspecified atom stereocenters. The molecule has 0 atom stereocenters.